The first-order chi connectivity index (χ1) is 25.9. The van der Waals surface area contributed by atoms with E-state index in [1.165, 1.54) is 30.3 Å². The van der Waals surface area contributed by atoms with Crippen LogP contribution in [0.1, 0.15) is 11.1 Å². The normalized spacial score (nSPS) is 12.8. The predicted octanol–water partition coefficient (Wildman–Crippen LogP) is 4.68. The maximum absolute atomic E-state index is 12.6. The minimum absolute atomic E-state index is 0.00663. The molecule has 6 rings (SSSR count). The quantitative estimate of drug-likeness (QED) is 0.0685. The van der Waals surface area contributed by atoms with Crippen molar-refractivity contribution >= 4 is 96.7 Å². The molecule has 0 saturated heterocycles. The lowest BCUT2D eigenvalue weighted by molar-refractivity contribution is 0.472. The van der Waals surface area contributed by atoms with Crippen molar-refractivity contribution in [1.29, 1.82) is 0 Å². The second-order valence-electron chi connectivity index (χ2n) is 11.9. The van der Waals surface area contributed by atoms with Gasteiger partial charge in [0.1, 0.15) is 26.1 Å². The molecule has 0 bridgehead atoms. The summed E-state index contributed by atoms with van der Waals surface area (Å²) in [6.07, 6.45) is 0. The van der Waals surface area contributed by atoms with Gasteiger partial charge in [0.25, 0.3) is 40.5 Å². The minimum atomic E-state index is -5.36. The van der Waals surface area contributed by atoms with Crippen LogP contribution in [0.2, 0.25) is 0 Å². The van der Waals surface area contributed by atoms with Gasteiger partial charge in [-0.15, -0.1) is 10.2 Å². The summed E-state index contributed by atoms with van der Waals surface area (Å²) in [5.74, 6) is -2.29. The van der Waals surface area contributed by atoms with Gasteiger partial charge in [-0.25, -0.2) is 4.79 Å². The number of phenols is 1. The number of aromatic hydroxyl groups is 1. The number of hydrogen-bond acceptors (Lipinski definition) is 16. The van der Waals surface area contributed by atoms with Crippen LogP contribution >= 0.6 is 0 Å². The first-order valence-corrected chi connectivity index (χ1v) is 21.0. The van der Waals surface area contributed by atoms with Gasteiger partial charge in [-0.3, -0.25) is 23.2 Å². The van der Waals surface area contributed by atoms with Crippen molar-refractivity contribution in [3.8, 4) is 5.75 Å². The molecule has 0 atom stereocenters. The van der Waals surface area contributed by atoms with Crippen LogP contribution in [-0.2, 0) is 40.5 Å². The second kappa shape index (κ2) is 14.0. The Morgan fingerprint density at radius 2 is 1.32 bits per heavy atom. The fourth-order valence-corrected chi connectivity index (χ4v) is 8.28. The van der Waals surface area contributed by atoms with Crippen molar-refractivity contribution in [2.75, 3.05) is 10.6 Å². The topological polar surface area (TPSA) is 345 Å². The molecule has 21 nitrogen and oxygen atoms in total. The molecule has 0 amide bonds. The number of aromatic amines is 1. The molecule has 25 heteroatoms. The van der Waals surface area contributed by atoms with E-state index in [4.69, 9.17) is 0 Å². The number of benzene rings is 5. The van der Waals surface area contributed by atoms with E-state index >= 15 is 0 Å². The van der Waals surface area contributed by atoms with Crippen molar-refractivity contribution in [3.63, 3.8) is 0 Å². The predicted molar refractivity (Wildman–Crippen MR) is 198 cm³/mol. The molecular formula is C31H25N7O14S4. The summed E-state index contributed by atoms with van der Waals surface area (Å²) in [6, 6.07) is 12.9. The van der Waals surface area contributed by atoms with Crippen LogP contribution in [-0.4, -0.2) is 71.9 Å². The largest absolute Gasteiger partial charge is 0.505 e. The zero-order chi connectivity index (χ0) is 41.1. The Hall–Kier alpha value is -5.93. The number of azo groups is 1. The van der Waals surface area contributed by atoms with Gasteiger partial charge in [0.2, 0.25) is 11.9 Å². The van der Waals surface area contributed by atoms with Crippen LogP contribution in [0.3, 0.4) is 0 Å². The van der Waals surface area contributed by atoms with E-state index in [0.717, 1.165) is 18.2 Å². The van der Waals surface area contributed by atoms with Crippen LogP contribution in [0.15, 0.2) is 101 Å². The molecule has 0 saturated carbocycles. The average Bonchev–Trinajstić information content (AvgIpc) is 3.06. The Balaban J connectivity index is 1.56. The van der Waals surface area contributed by atoms with Crippen LogP contribution in [0.5, 0.6) is 5.75 Å². The highest BCUT2D eigenvalue weighted by molar-refractivity contribution is 7.86. The summed E-state index contributed by atoms with van der Waals surface area (Å²) in [7, 11) is -20.3. The molecule has 0 fully saturated rings. The average molecular weight is 848 g/mol. The molecule has 0 aliphatic heterocycles. The Bertz CT molecular complexity index is 3210. The monoisotopic (exact) mass is 847 g/mol. The fourth-order valence-electron chi connectivity index (χ4n) is 5.53. The number of H-pyrrole nitrogens is 1. The lowest BCUT2D eigenvalue weighted by Crippen LogP contribution is -2.17. The number of anilines is 4. The first-order valence-electron chi connectivity index (χ1n) is 15.2. The van der Waals surface area contributed by atoms with Crippen LogP contribution in [0.4, 0.5) is 34.6 Å². The van der Waals surface area contributed by atoms with Gasteiger partial charge in [-0.05, 0) is 72.1 Å². The summed E-state index contributed by atoms with van der Waals surface area (Å²) in [4.78, 5) is 19.0. The molecule has 8 N–H and O–H groups in total. The minimum Gasteiger partial charge on any atom is -0.505 e. The van der Waals surface area contributed by atoms with E-state index in [-0.39, 0.29) is 11.1 Å². The van der Waals surface area contributed by atoms with Crippen molar-refractivity contribution in [2.45, 2.75) is 33.4 Å². The highest BCUT2D eigenvalue weighted by Crippen LogP contribution is 2.46. The third kappa shape index (κ3) is 8.04. The molecule has 0 aliphatic carbocycles. The van der Waals surface area contributed by atoms with E-state index in [9.17, 15) is 61.8 Å². The maximum Gasteiger partial charge on any atom is 0.351 e. The number of hydrogen-bond donors (Lipinski definition) is 8. The zero-order valence-electron chi connectivity index (χ0n) is 28.2. The Morgan fingerprint density at radius 3 is 1.96 bits per heavy atom. The van der Waals surface area contributed by atoms with Crippen LogP contribution in [0, 0.1) is 13.8 Å². The van der Waals surface area contributed by atoms with Gasteiger partial charge in [0, 0.05) is 10.8 Å². The Labute approximate surface area is 315 Å². The summed E-state index contributed by atoms with van der Waals surface area (Å²) >= 11 is 0. The molecular weight excluding hydrogens is 823 g/mol. The van der Waals surface area contributed by atoms with Crippen molar-refractivity contribution in [1.82, 2.24) is 15.0 Å². The highest BCUT2D eigenvalue weighted by atomic mass is 32.2. The fraction of sp³-hybridized carbons (Fsp3) is 0.0645. The lowest BCUT2D eigenvalue weighted by Gasteiger charge is -2.16. The van der Waals surface area contributed by atoms with Gasteiger partial charge in [0.05, 0.1) is 16.3 Å². The third-order valence-corrected chi connectivity index (χ3v) is 11.6. The summed E-state index contributed by atoms with van der Waals surface area (Å²) in [6.45, 7) is 3.20. The standard InChI is InChI=1S/C31H25N7O14S4/c1-14-9-21(23(10-15(14)2)54(44,45)46)32-29-34-30(36-31(40)35-29)33-22-13-18(53(41,42)43)11-17-12-24(55(47,48)49)26(27(39)25(17)22)38-37-20-8-7-16-5-3-4-6-19(16)28(20)56(50,51)52/h3-13,39H,1-2H3,(H,41,42,43)(H,44,45,46)(H,47,48,49)(H,50,51,52)(H3,32,33,34,35,36,40). The number of nitrogens with one attached hydrogen (secondary N) is 3. The summed E-state index contributed by atoms with van der Waals surface area (Å²) in [5, 5.41) is 23.4. The number of aryl methyl sites for hydroxylation is 2. The van der Waals surface area contributed by atoms with Crippen LogP contribution in [0.25, 0.3) is 21.5 Å². The van der Waals surface area contributed by atoms with E-state index in [1.807, 2.05) is 0 Å². The van der Waals surface area contributed by atoms with Crippen molar-refractivity contribution in [3.05, 3.63) is 88.3 Å². The second-order valence-corrected chi connectivity index (χ2v) is 17.4. The number of phenolic OH excluding ortho intramolecular Hbond substituents is 1. The van der Waals surface area contributed by atoms with Gasteiger partial charge in [-0.1, -0.05) is 30.3 Å². The molecule has 0 aliphatic rings. The van der Waals surface area contributed by atoms with Gasteiger partial charge in [-0.2, -0.15) is 43.6 Å². The SMILES string of the molecule is Cc1cc(Nc2nc(Nc3cc(S(=O)(=O)O)cc4cc(S(=O)(=O)O)c(N=Nc5ccc6ccccc6c5S(=O)(=O)O)c(O)c34)[nH]c(=O)n2)c(S(=O)(=O)O)cc1C. The zero-order valence-corrected chi connectivity index (χ0v) is 31.4. The molecule has 5 aromatic carbocycles. The summed E-state index contributed by atoms with van der Waals surface area (Å²) < 4.78 is 139. The maximum atomic E-state index is 12.6. The van der Waals surface area contributed by atoms with E-state index < -0.39 is 111 Å². The number of fused-ring (bicyclic) bond motifs is 2. The van der Waals surface area contributed by atoms with E-state index in [1.54, 1.807) is 19.9 Å². The molecule has 56 heavy (non-hydrogen) atoms. The number of nitrogens with zero attached hydrogens (tertiary/aromatic N) is 4. The Morgan fingerprint density at radius 1 is 0.661 bits per heavy atom. The lowest BCUT2D eigenvalue weighted by atomic mass is 10.1. The van der Waals surface area contributed by atoms with Crippen molar-refractivity contribution < 1.29 is 57.0 Å². The molecule has 0 unspecified atom stereocenters. The van der Waals surface area contributed by atoms with Crippen molar-refractivity contribution in [2.24, 2.45) is 10.2 Å². The van der Waals surface area contributed by atoms with Crippen LogP contribution < -0.4 is 16.3 Å². The first kappa shape index (κ1) is 39.8. The van der Waals surface area contributed by atoms with E-state index in [2.05, 4.69) is 35.8 Å². The number of rotatable bonds is 10. The van der Waals surface area contributed by atoms with Gasteiger partial charge >= 0.3 is 5.69 Å². The molecule has 0 radical (unpaired) electrons. The third-order valence-electron chi connectivity index (χ3n) is 8.10. The summed E-state index contributed by atoms with van der Waals surface area (Å²) in [5.41, 5.74) is -2.43. The molecule has 1 aromatic heterocycles. The number of aromatic nitrogens is 3. The van der Waals surface area contributed by atoms with E-state index in [0.29, 0.717) is 28.6 Å². The van der Waals surface area contributed by atoms with Gasteiger partial charge in [0.15, 0.2) is 5.75 Å². The highest BCUT2D eigenvalue weighted by Gasteiger charge is 2.27. The molecule has 292 valence electrons. The smallest absolute Gasteiger partial charge is 0.351 e. The molecule has 0 spiro atoms. The molecule has 1 heterocycles. The Kier molecular flexibility index (Phi) is 9.92. The molecule has 6 aromatic rings. The van der Waals surface area contributed by atoms with Gasteiger partial charge < -0.3 is 15.7 Å².